The van der Waals surface area contributed by atoms with E-state index in [-0.39, 0.29) is 0 Å². The summed E-state index contributed by atoms with van der Waals surface area (Å²) >= 11 is 0. The summed E-state index contributed by atoms with van der Waals surface area (Å²) in [4.78, 5) is 17.2. The Kier molecular flexibility index (Phi) is 7.48. The predicted molar refractivity (Wildman–Crippen MR) is 146 cm³/mol. The number of carbonyl (C=O) groups is 1. The van der Waals surface area contributed by atoms with Crippen LogP contribution in [0.25, 0.3) is 22.2 Å². The van der Waals surface area contributed by atoms with Gasteiger partial charge in [0, 0.05) is 18.5 Å². The van der Waals surface area contributed by atoms with Crippen molar-refractivity contribution in [3.05, 3.63) is 83.2 Å². The number of imidazole rings is 1. The molecule has 0 bridgehead atoms. The summed E-state index contributed by atoms with van der Waals surface area (Å²) in [6.45, 7) is 12.7. The predicted octanol–water partition coefficient (Wildman–Crippen LogP) is 8.02. The number of hydrogen-bond donors (Lipinski definition) is 0. The van der Waals surface area contributed by atoms with E-state index in [0.29, 0.717) is 5.75 Å². The second-order valence-electron chi connectivity index (χ2n) is 10.4. The highest BCUT2D eigenvalue weighted by Crippen LogP contribution is 2.31. The van der Waals surface area contributed by atoms with Gasteiger partial charge in [-0.2, -0.15) is 0 Å². The molecular weight excluding hydrogens is 448 g/mol. The molecule has 5 heteroatoms. The molecule has 0 amide bonds. The van der Waals surface area contributed by atoms with Gasteiger partial charge in [-0.3, -0.25) is 0 Å². The zero-order valence-corrected chi connectivity index (χ0v) is 22.2. The minimum absolute atomic E-state index is 0.479. The van der Waals surface area contributed by atoms with E-state index in [1.54, 1.807) is 6.07 Å². The fraction of sp³-hybridized carbons (Fsp3) is 0.355. The van der Waals surface area contributed by atoms with Crippen LogP contribution in [0.15, 0.2) is 60.7 Å². The van der Waals surface area contributed by atoms with Crippen molar-refractivity contribution in [3.63, 3.8) is 0 Å². The summed E-state index contributed by atoms with van der Waals surface area (Å²) in [5, 5.41) is 0. The lowest BCUT2D eigenvalue weighted by Crippen LogP contribution is -2.26. The zero-order valence-electron chi connectivity index (χ0n) is 22.2. The van der Waals surface area contributed by atoms with Crippen molar-refractivity contribution in [1.29, 1.82) is 0 Å². The maximum absolute atomic E-state index is 12.2. The van der Waals surface area contributed by atoms with Crippen LogP contribution in [0.1, 0.15) is 63.1 Å². The third-order valence-electron chi connectivity index (χ3n) is 6.27. The van der Waals surface area contributed by atoms with Crippen molar-refractivity contribution >= 4 is 17.2 Å². The summed E-state index contributed by atoms with van der Waals surface area (Å²) in [6, 6.07) is 20.4. The molecule has 0 saturated heterocycles. The largest absolute Gasteiger partial charge is 0.514 e. The summed E-state index contributed by atoms with van der Waals surface area (Å²) in [5.41, 5.74) is 7.20. The van der Waals surface area contributed by atoms with Crippen molar-refractivity contribution in [3.8, 4) is 16.9 Å². The number of aryl methyl sites for hydroxylation is 3. The zero-order chi connectivity index (χ0) is 25.9. The van der Waals surface area contributed by atoms with E-state index in [9.17, 15) is 4.79 Å². The van der Waals surface area contributed by atoms with Gasteiger partial charge in [0.15, 0.2) is 0 Å². The van der Waals surface area contributed by atoms with Crippen LogP contribution in [0.5, 0.6) is 5.75 Å². The summed E-state index contributed by atoms with van der Waals surface area (Å²) in [5.74, 6) is 1.62. The molecule has 0 saturated carbocycles. The molecular formula is C31H36N2O3. The minimum Gasteiger partial charge on any atom is -0.428 e. The monoisotopic (exact) mass is 484 g/mol. The number of nitrogens with zero attached hydrogens (tertiary/aromatic N) is 2. The van der Waals surface area contributed by atoms with Crippen LogP contribution in [-0.2, 0) is 17.7 Å². The first kappa shape index (κ1) is 25.5. The van der Waals surface area contributed by atoms with Crippen molar-refractivity contribution in [2.24, 2.45) is 0 Å². The number of benzene rings is 3. The van der Waals surface area contributed by atoms with Crippen LogP contribution >= 0.6 is 0 Å². The molecule has 0 radical (unpaired) electrons. The van der Waals surface area contributed by atoms with E-state index < -0.39 is 11.8 Å². The highest BCUT2D eigenvalue weighted by atomic mass is 16.7. The van der Waals surface area contributed by atoms with Crippen LogP contribution in [-0.4, -0.2) is 21.3 Å². The fourth-order valence-corrected chi connectivity index (χ4v) is 4.26. The maximum atomic E-state index is 12.2. The number of fused-ring (bicyclic) bond motifs is 1. The lowest BCUT2D eigenvalue weighted by atomic mass is 10.0. The number of para-hydroxylation sites is 1. The van der Waals surface area contributed by atoms with Crippen molar-refractivity contribution in [2.75, 3.05) is 0 Å². The smallest absolute Gasteiger partial charge is 0.428 e. The Morgan fingerprint density at radius 1 is 0.972 bits per heavy atom. The Morgan fingerprint density at radius 3 is 2.36 bits per heavy atom. The molecule has 3 aromatic carbocycles. The highest BCUT2D eigenvalue weighted by Gasteiger charge is 2.19. The van der Waals surface area contributed by atoms with Gasteiger partial charge in [-0.1, -0.05) is 55.8 Å². The number of hydrogen-bond acceptors (Lipinski definition) is 4. The average molecular weight is 485 g/mol. The van der Waals surface area contributed by atoms with Crippen molar-refractivity contribution in [2.45, 2.75) is 73.0 Å². The second-order valence-corrected chi connectivity index (χ2v) is 10.4. The molecule has 5 nitrogen and oxygen atoms in total. The van der Waals surface area contributed by atoms with Gasteiger partial charge in [0.25, 0.3) is 0 Å². The molecule has 0 aliphatic carbocycles. The first-order valence-electron chi connectivity index (χ1n) is 12.7. The Labute approximate surface area is 214 Å². The van der Waals surface area contributed by atoms with Crippen LogP contribution in [0.4, 0.5) is 4.79 Å². The van der Waals surface area contributed by atoms with Gasteiger partial charge in [-0.25, -0.2) is 9.78 Å². The van der Waals surface area contributed by atoms with Crippen molar-refractivity contribution < 1.29 is 14.3 Å². The number of ether oxygens (including phenoxy) is 2. The Balaban J connectivity index is 1.61. The quantitative estimate of drug-likeness (QED) is 0.197. The molecule has 0 aliphatic rings. The van der Waals surface area contributed by atoms with E-state index in [4.69, 9.17) is 14.5 Å². The molecule has 0 spiro atoms. The van der Waals surface area contributed by atoms with Crippen LogP contribution in [0, 0.1) is 13.8 Å². The highest BCUT2D eigenvalue weighted by molar-refractivity contribution is 5.78. The SMILES string of the molecule is CCCCc1nc2cc(C)c(C)cc2n1Cc1ccc(-c2ccccc2OC(=O)OC(C)(C)C)cc1. The van der Waals surface area contributed by atoms with Gasteiger partial charge in [-0.05, 0) is 81.5 Å². The first-order chi connectivity index (χ1) is 17.1. The molecule has 0 fully saturated rings. The topological polar surface area (TPSA) is 53.4 Å². The number of aromatic nitrogens is 2. The van der Waals surface area contributed by atoms with Gasteiger partial charge in [0.1, 0.15) is 17.2 Å². The van der Waals surface area contributed by atoms with Crippen LogP contribution in [0.2, 0.25) is 0 Å². The van der Waals surface area contributed by atoms with E-state index in [1.807, 2.05) is 39.0 Å². The van der Waals surface area contributed by atoms with Gasteiger partial charge in [-0.15, -0.1) is 0 Å². The van der Waals surface area contributed by atoms with Crippen molar-refractivity contribution in [1.82, 2.24) is 9.55 Å². The standard InChI is InChI=1S/C31H36N2O3/c1-7-8-13-29-32-26-18-21(2)22(3)19-27(26)33(29)20-23-14-16-24(17-15-23)25-11-9-10-12-28(25)35-30(34)36-31(4,5)6/h9-12,14-19H,7-8,13,20H2,1-6H3. The van der Waals surface area contributed by atoms with Gasteiger partial charge in [0.2, 0.25) is 0 Å². The fourth-order valence-electron chi connectivity index (χ4n) is 4.26. The Morgan fingerprint density at radius 2 is 1.67 bits per heavy atom. The molecule has 0 unspecified atom stereocenters. The molecule has 4 aromatic rings. The number of rotatable bonds is 7. The molecule has 1 aromatic heterocycles. The Bertz CT molecular complexity index is 1360. The third kappa shape index (κ3) is 5.96. The first-order valence-corrected chi connectivity index (χ1v) is 12.7. The molecule has 0 atom stereocenters. The van der Waals surface area contributed by atoms with Gasteiger partial charge >= 0.3 is 6.16 Å². The molecule has 36 heavy (non-hydrogen) atoms. The normalized spacial score (nSPS) is 11.6. The van der Waals surface area contributed by atoms with E-state index in [2.05, 4.69) is 61.7 Å². The lowest BCUT2D eigenvalue weighted by molar-refractivity contribution is 0.0207. The lowest BCUT2D eigenvalue weighted by Gasteiger charge is -2.19. The van der Waals surface area contributed by atoms with Crippen LogP contribution in [0.3, 0.4) is 0 Å². The molecule has 1 heterocycles. The van der Waals surface area contributed by atoms with E-state index >= 15 is 0 Å². The van der Waals surface area contributed by atoms with Gasteiger partial charge < -0.3 is 14.0 Å². The second kappa shape index (κ2) is 10.6. The number of carbonyl (C=O) groups excluding carboxylic acids is 1. The van der Waals surface area contributed by atoms with Gasteiger partial charge in [0.05, 0.1) is 11.0 Å². The summed E-state index contributed by atoms with van der Waals surface area (Å²) < 4.78 is 13.2. The minimum atomic E-state index is -0.705. The summed E-state index contributed by atoms with van der Waals surface area (Å²) in [6.07, 6.45) is 2.52. The summed E-state index contributed by atoms with van der Waals surface area (Å²) in [7, 11) is 0. The average Bonchev–Trinajstić information content (AvgIpc) is 3.13. The molecule has 0 aliphatic heterocycles. The van der Waals surface area contributed by atoms with E-state index in [1.165, 1.54) is 22.2 Å². The Hall–Kier alpha value is -3.60. The van der Waals surface area contributed by atoms with E-state index in [0.717, 1.165) is 48.3 Å². The number of unbranched alkanes of at least 4 members (excludes halogenated alkanes) is 1. The molecule has 0 N–H and O–H groups in total. The van der Waals surface area contributed by atoms with Crippen LogP contribution < -0.4 is 4.74 Å². The molecule has 188 valence electrons. The maximum Gasteiger partial charge on any atom is 0.514 e. The molecule has 4 rings (SSSR count). The third-order valence-corrected chi connectivity index (χ3v) is 6.27.